The van der Waals surface area contributed by atoms with Gasteiger partial charge < -0.3 is 20.3 Å². The Morgan fingerprint density at radius 1 is 1.07 bits per heavy atom. The van der Waals surface area contributed by atoms with E-state index >= 15 is 0 Å². The molecular weight excluding hydrogens is 378 g/mol. The quantitative estimate of drug-likeness (QED) is 0.678. The highest BCUT2D eigenvalue weighted by Crippen LogP contribution is 2.20. The van der Waals surface area contributed by atoms with Crippen LogP contribution in [0.15, 0.2) is 48.5 Å². The van der Waals surface area contributed by atoms with Gasteiger partial charge in [-0.05, 0) is 67.6 Å². The van der Waals surface area contributed by atoms with Crippen LogP contribution in [-0.2, 0) is 4.79 Å². The standard InChI is InChI=1S/C24H31N3O3/c1-3-15-30-22-9-7-20(8-10-22)25-17-23(28)26-21-6-4-5-19(16-21)24(29)27-13-11-18(2)12-14-27/h4-10,16,18,25H,3,11-15,17H2,1-2H3,(H,26,28). The van der Waals surface area contributed by atoms with Crippen molar-refractivity contribution in [2.75, 3.05) is 36.9 Å². The van der Waals surface area contributed by atoms with Crippen LogP contribution >= 0.6 is 0 Å². The van der Waals surface area contributed by atoms with Crippen molar-refractivity contribution in [3.63, 3.8) is 0 Å². The Morgan fingerprint density at radius 3 is 2.50 bits per heavy atom. The van der Waals surface area contributed by atoms with Crippen LogP contribution in [0.4, 0.5) is 11.4 Å². The van der Waals surface area contributed by atoms with Crippen molar-refractivity contribution in [3.05, 3.63) is 54.1 Å². The molecule has 0 atom stereocenters. The number of hydrogen-bond acceptors (Lipinski definition) is 4. The van der Waals surface area contributed by atoms with E-state index in [1.165, 1.54) is 0 Å². The molecule has 0 unspecified atom stereocenters. The molecule has 1 heterocycles. The maximum Gasteiger partial charge on any atom is 0.253 e. The van der Waals surface area contributed by atoms with E-state index in [2.05, 4.69) is 24.5 Å². The monoisotopic (exact) mass is 409 g/mol. The third-order valence-electron chi connectivity index (χ3n) is 5.24. The lowest BCUT2D eigenvalue weighted by Crippen LogP contribution is -2.37. The van der Waals surface area contributed by atoms with E-state index in [1.54, 1.807) is 24.3 Å². The van der Waals surface area contributed by atoms with Crippen LogP contribution in [0.3, 0.4) is 0 Å². The number of benzene rings is 2. The summed E-state index contributed by atoms with van der Waals surface area (Å²) >= 11 is 0. The summed E-state index contributed by atoms with van der Waals surface area (Å²) in [5.41, 5.74) is 2.08. The van der Waals surface area contributed by atoms with Crippen LogP contribution in [0.1, 0.15) is 43.5 Å². The summed E-state index contributed by atoms with van der Waals surface area (Å²) < 4.78 is 5.56. The first-order chi connectivity index (χ1) is 14.5. The molecule has 1 saturated heterocycles. The number of carbonyl (C=O) groups excluding carboxylic acids is 2. The van der Waals surface area contributed by atoms with Gasteiger partial charge in [0, 0.05) is 30.0 Å². The van der Waals surface area contributed by atoms with Gasteiger partial charge in [-0.25, -0.2) is 0 Å². The molecule has 1 fully saturated rings. The predicted octanol–water partition coefficient (Wildman–Crippen LogP) is 4.40. The van der Waals surface area contributed by atoms with Gasteiger partial charge in [-0.1, -0.05) is 19.9 Å². The fraction of sp³-hybridized carbons (Fsp3) is 0.417. The van der Waals surface area contributed by atoms with Crippen molar-refractivity contribution in [2.24, 2.45) is 5.92 Å². The number of amides is 2. The topological polar surface area (TPSA) is 70.7 Å². The molecule has 2 N–H and O–H groups in total. The Morgan fingerprint density at radius 2 is 1.80 bits per heavy atom. The van der Waals surface area contributed by atoms with Crippen LogP contribution in [0, 0.1) is 5.92 Å². The first kappa shape index (κ1) is 21.7. The van der Waals surface area contributed by atoms with E-state index in [1.807, 2.05) is 29.2 Å². The lowest BCUT2D eigenvalue weighted by Gasteiger charge is -2.30. The van der Waals surface area contributed by atoms with Crippen molar-refractivity contribution in [2.45, 2.75) is 33.1 Å². The average molecular weight is 410 g/mol. The van der Waals surface area contributed by atoms with Crippen molar-refractivity contribution >= 4 is 23.2 Å². The molecule has 160 valence electrons. The molecule has 0 aromatic heterocycles. The number of rotatable bonds is 8. The Balaban J connectivity index is 1.50. The summed E-state index contributed by atoms with van der Waals surface area (Å²) in [4.78, 5) is 27.0. The summed E-state index contributed by atoms with van der Waals surface area (Å²) in [6, 6.07) is 14.7. The van der Waals surface area contributed by atoms with Crippen LogP contribution in [0.5, 0.6) is 5.75 Å². The van der Waals surface area contributed by atoms with Crippen molar-refractivity contribution < 1.29 is 14.3 Å². The third kappa shape index (κ3) is 6.24. The molecular formula is C24H31N3O3. The molecule has 1 aliphatic heterocycles. The molecule has 0 aliphatic carbocycles. The van der Waals surface area contributed by atoms with Crippen LogP contribution in [0.2, 0.25) is 0 Å². The SMILES string of the molecule is CCCOc1ccc(NCC(=O)Nc2cccc(C(=O)N3CCC(C)CC3)c2)cc1. The molecule has 0 bridgehead atoms. The van der Waals surface area contributed by atoms with Gasteiger partial charge in [0.25, 0.3) is 5.91 Å². The fourth-order valence-electron chi connectivity index (χ4n) is 3.40. The normalized spacial score (nSPS) is 14.3. The van der Waals surface area contributed by atoms with Crippen molar-refractivity contribution in [1.29, 1.82) is 0 Å². The van der Waals surface area contributed by atoms with Gasteiger partial charge in [-0.3, -0.25) is 9.59 Å². The van der Waals surface area contributed by atoms with Crippen LogP contribution in [-0.4, -0.2) is 43.0 Å². The van der Waals surface area contributed by atoms with Gasteiger partial charge in [-0.2, -0.15) is 0 Å². The minimum Gasteiger partial charge on any atom is -0.494 e. The molecule has 3 rings (SSSR count). The fourth-order valence-corrected chi connectivity index (χ4v) is 3.40. The Bertz CT molecular complexity index is 843. The van der Waals surface area contributed by atoms with Gasteiger partial charge in [0.15, 0.2) is 0 Å². The zero-order valence-electron chi connectivity index (χ0n) is 17.8. The number of nitrogens with one attached hydrogen (secondary N) is 2. The summed E-state index contributed by atoms with van der Waals surface area (Å²) in [6.07, 6.45) is 3.04. The number of anilines is 2. The van der Waals surface area contributed by atoms with E-state index in [-0.39, 0.29) is 18.4 Å². The van der Waals surface area contributed by atoms with E-state index in [9.17, 15) is 9.59 Å². The van der Waals surface area contributed by atoms with E-state index < -0.39 is 0 Å². The number of likely N-dealkylation sites (tertiary alicyclic amines) is 1. The van der Waals surface area contributed by atoms with Gasteiger partial charge in [0.1, 0.15) is 5.75 Å². The molecule has 2 aromatic rings. The molecule has 0 spiro atoms. The Labute approximate surface area is 178 Å². The lowest BCUT2D eigenvalue weighted by molar-refractivity contribution is -0.114. The van der Waals surface area contributed by atoms with Crippen molar-refractivity contribution in [1.82, 2.24) is 4.90 Å². The second kappa shape index (κ2) is 10.7. The van der Waals surface area contributed by atoms with E-state index in [0.717, 1.165) is 43.8 Å². The molecule has 1 aliphatic rings. The summed E-state index contributed by atoms with van der Waals surface area (Å²) in [7, 11) is 0. The predicted molar refractivity (Wildman–Crippen MR) is 120 cm³/mol. The molecule has 0 radical (unpaired) electrons. The molecule has 6 heteroatoms. The maximum atomic E-state index is 12.7. The van der Waals surface area contributed by atoms with Gasteiger partial charge in [0.2, 0.25) is 5.91 Å². The first-order valence-corrected chi connectivity index (χ1v) is 10.7. The number of hydrogen-bond donors (Lipinski definition) is 2. The van der Waals surface area contributed by atoms with Crippen LogP contribution in [0.25, 0.3) is 0 Å². The summed E-state index contributed by atoms with van der Waals surface area (Å²) in [5.74, 6) is 1.35. The van der Waals surface area contributed by atoms with Gasteiger partial charge >= 0.3 is 0 Å². The molecule has 2 amide bonds. The Hall–Kier alpha value is -3.02. The highest BCUT2D eigenvalue weighted by atomic mass is 16.5. The number of piperidine rings is 1. The number of ether oxygens (including phenoxy) is 1. The zero-order valence-corrected chi connectivity index (χ0v) is 17.8. The highest BCUT2D eigenvalue weighted by molar-refractivity contribution is 5.98. The largest absolute Gasteiger partial charge is 0.494 e. The summed E-state index contributed by atoms with van der Waals surface area (Å²) in [5, 5.41) is 5.96. The molecule has 6 nitrogen and oxygen atoms in total. The minimum atomic E-state index is -0.169. The van der Waals surface area contributed by atoms with Crippen molar-refractivity contribution in [3.8, 4) is 5.75 Å². The molecule has 2 aromatic carbocycles. The van der Waals surface area contributed by atoms with Crippen LogP contribution < -0.4 is 15.4 Å². The minimum absolute atomic E-state index is 0.0292. The second-order valence-corrected chi connectivity index (χ2v) is 7.83. The molecule has 0 saturated carbocycles. The third-order valence-corrected chi connectivity index (χ3v) is 5.24. The average Bonchev–Trinajstić information content (AvgIpc) is 2.77. The molecule has 30 heavy (non-hydrogen) atoms. The highest BCUT2D eigenvalue weighted by Gasteiger charge is 2.21. The summed E-state index contributed by atoms with van der Waals surface area (Å²) in [6.45, 7) is 6.70. The second-order valence-electron chi connectivity index (χ2n) is 7.83. The Kier molecular flexibility index (Phi) is 7.71. The van der Waals surface area contributed by atoms with Gasteiger partial charge in [-0.15, -0.1) is 0 Å². The van der Waals surface area contributed by atoms with Gasteiger partial charge in [0.05, 0.1) is 13.2 Å². The van der Waals surface area contributed by atoms with E-state index in [0.29, 0.717) is 23.8 Å². The van der Waals surface area contributed by atoms with E-state index in [4.69, 9.17) is 4.74 Å². The first-order valence-electron chi connectivity index (χ1n) is 10.7. The zero-order chi connectivity index (χ0) is 21.3. The smallest absolute Gasteiger partial charge is 0.253 e. The number of carbonyl (C=O) groups is 2. The maximum absolute atomic E-state index is 12.7. The number of nitrogens with zero attached hydrogens (tertiary/aromatic N) is 1. The lowest BCUT2D eigenvalue weighted by atomic mass is 9.98.